The summed E-state index contributed by atoms with van der Waals surface area (Å²) >= 11 is 0. The summed E-state index contributed by atoms with van der Waals surface area (Å²) in [5.41, 5.74) is 1.50. The fourth-order valence-corrected chi connectivity index (χ4v) is 1.47. The normalized spacial score (nSPS) is 30.5. The minimum Gasteiger partial charge on any atom is -0.388 e. The number of hydrogen-bond donors (Lipinski definition) is 1. The summed E-state index contributed by atoms with van der Waals surface area (Å²) in [5, 5.41) is 9.45. The van der Waals surface area contributed by atoms with E-state index in [0.29, 0.717) is 18.4 Å². The van der Waals surface area contributed by atoms with Crippen molar-refractivity contribution >= 4 is 5.78 Å². The number of Topliss-reactive ketones (excluding diaryl/α,β-unsaturated/α-hetero) is 1. The molecule has 1 rings (SSSR count). The molecule has 1 N–H and O–H groups in total. The van der Waals surface area contributed by atoms with Gasteiger partial charge in [-0.05, 0) is 30.9 Å². The average Bonchev–Trinajstić information content (AvgIpc) is 1.99. The van der Waals surface area contributed by atoms with E-state index in [1.54, 1.807) is 6.92 Å². The minimum absolute atomic E-state index is 0.0574. The van der Waals surface area contributed by atoms with Crippen LogP contribution in [-0.2, 0) is 4.79 Å². The van der Waals surface area contributed by atoms with Crippen molar-refractivity contribution in [3.8, 4) is 0 Å². The molecule has 1 aliphatic rings. The zero-order chi connectivity index (χ0) is 9.30. The summed E-state index contributed by atoms with van der Waals surface area (Å²) in [4.78, 5) is 11.0. The highest BCUT2D eigenvalue weighted by Crippen LogP contribution is 2.31. The van der Waals surface area contributed by atoms with Crippen LogP contribution in [0.2, 0.25) is 0 Å². The average molecular weight is 166 g/mol. The lowest BCUT2D eigenvalue weighted by Gasteiger charge is -2.27. The van der Waals surface area contributed by atoms with Gasteiger partial charge in [0.2, 0.25) is 0 Å². The molecule has 2 atom stereocenters. The lowest BCUT2D eigenvalue weighted by Crippen LogP contribution is -2.27. The number of carbonyl (C=O) groups is 1. The number of hydrogen-bond acceptors (Lipinski definition) is 2. The molecule has 1 fully saturated rings. The van der Waals surface area contributed by atoms with E-state index in [9.17, 15) is 9.90 Å². The Morgan fingerprint density at radius 2 is 2.17 bits per heavy atom. The molecule has 0 heterocycles. The number of aliphatic hydroxyl groups is 1. The quantitative estimate of drug-likeness (QED) is 0.640. The Morgan fingerprint density at radius 1 is 1.58 bits per heavy atom. The van der Waals surface area contributed by atoms with Crippen LogP contribution in [0.25, 0.3) is 0 Å². The third-order valence-corrected chi connectivity index (χ3v) is 2.43. The van der Waals surface area contributed by atoms with Crippen LogP contribution in [0.4, 0.5) is 0 Å². The first-order valence-corrected chi connectivity index (χ1v) is 4.08. The van der Waals surface area contributed by atoms with Crippen LogP contribution in [0.3, 0.4) is 0 Å². The monoisotopic (exact) mass is 166 g/mol. The summed E-state index contributed by atoms with van der Waals surface area (Å²) in [6.45, 7) is 9.03. The van der Waals surface area contributed by atoms with E-state index >= 15 is 0 Å². The zero-order valence-corrected chi connectivity index (χ0v) is 7.34. The Bertz CT molecular complexity index is 240. The van der Waals surface area contributed by atoms with Crippen LogP contribution < -0.4 is 0 Å². The molecule has 0 aromatic rings. The molecule has 2 nitrogen and oxygen atoms in total. The maximum absolute atomic E-state index is 11.0. The highest BCUT2D eigenvalue weighted by Gasteiger charge is 2.27. The van der Waals surface area contributed by atoms with Gasteiger partial charge in [0.25, 0.3) is 0 Å². The van der Waals surface area contributed by atoms with Crippen molar-refractivity contribution in [1.29, 1.82) is 0 Å². The van der Waals surface area contributed by atoms with Crippen LogP contribution in [0.5, 0.6) is 0 Å². The fraction of sp³-hybridized carbons (Fsp3) is 0.500. The van der Waals surface area contributed by atoms with E-state index in [1.807, 2.05) is 0 Å². The van der Waals surface area contributed by atoms with Crippen LogP contribution in [-0.4, -0.2) is 17.0 Å². The van der Waals surface area contributed by atoms with E-state index in [4.69, 9.17) is 0 Å². The Morgan fingerprint density at radius 3 is 2.58 bits per heavy atom. The third kappa shape index (κ3) is 1.64. The summed E-state index contributed by atoms with van der Waals surface area (Å²) in [6, 6.07) is 0. The predicted molar refractivity (Wildman–Crippen MR) is 47.7 cm³/mol. The molecule has 0 amide bonds. The summed E-state index contributed by atoms with van der Waals surface area (Å²) in [7, 11) is 0. The lowest BCUT2D eigenvalue weighted by atomic mass is 9.80. The van der Waals surface area contributed by atoms with Gasteiger partial charge >= 0.3 is 0 Å². The first-order chi connectivity index (χ1) is 5.52. The van der Waals surface area contributed by atoms with Gasteiger partial charge in [0.1, 0.15) is 5.78 Å². The number of ketones is 1. The Hall–Kier alpha value is -0.890. The second kappa shape index (κ2) is 3.23. The Labute approximate surface area is 72.6 Å². The third-order valence-electron chi connectivity index (χ3n) is 2.43. The van der Waals surface area contributed by atoms with E-state index in [0.717, 1.165) is 5.57 Å². The maximum Gasteiger partial charge on any atom is 0.133 e. The standard InChI is InChI=1S/C10H14O2/c1-6-4-9(8(3)11)5-10(12)7(6)2/h9-10,12H,1-2,4-5H2,3H3. The fourth-order valence-electron chi connectivity index (χ4n) is 1.47. The van der Waals surface area contributed by atoms with Crippen molar-refractivity contribution in [1.82, 2.24) is 0 Å². The molecular weight excluding hydrogens is 152 g/mol. The molecule has 0 aliphatic heterocycles. The second-order valence-corrected chi connectivity index (χ2v) is 3.39. The first kappa shape index (κ1) is 9.20. The van der Waals surface area contributed by atoms with Crippen LogP contribution in [0.1, 0.15) is 19.8 Å². The zero-order valence-electron chi connectivity index (χ0n) is 7.34. The van der Waals surface area contributed by atoms with Crippen molar-refractivity contribution in [3.63, 3.8) is 0 Å². The minimum atomic E-state index is -0.569. The van der Waals surface area contributed by atoms with Crippen molar-refractivity contribution in [3.05, 3.63) is 24.3 Å². The van der Waals surface area contributed by atoms with Gasteiger partial charge in [-0.1, -0.05) is 13.2 Å². The number of rotatable bonds is 1. The predicted octanol–water partition coefficient (Wildman–Crippen LogP) is 1.46. The number of aliphatic hydroxyl groups excluding tert-OH is 1. The van der Waals surface area contributed by atoms with E-state index < -0.39 is 6.10 Å². The van der Waals surface area contributed by atoms with Crippen molar-refractivity contribution in [2.75, 3.05) is 0 Å². The Balaban J connectivity index is 2.72. The molecule has 0 aromatic carbocycles. The summed E-state index contributed by atoms with van der Waals surface area (Å²) < 4.78 is 0. The van der Waals surface area contributed by atoms with E-state index in [2.05, 4.69) is 13.2 Å². The molecule has 0 bridgehead atoms. The van der Waals surface area contributed by atoms with Crippen LogP contribution >= 0.6 is 0 Å². The van der Waals surface area contributed by atoms with Gasteiger partial charge in [-0.3, -0.25) is 4.79 Å². The number of carbonyl (C=O) groups excluding carboxylic acids is 1. The topological polar surface area (TPSA) is 37.3 Å². The van der Waals surface area contributed by atoms with Gasteiger partial charge in [0, 0.05) is 5.92 Å². The van der Waals surface area contributed by atoms with Gasteiger partial charge in [-0.25, -0.2) is 0 Å². The van der Waals surface area contributed by atoms with Crippen molar-refractivity contribution in [2.24, 2.45) is 5.92 Å². The smallest absolute Gasteiger partial charge is 0.133 e. The van der Waals surface area contributed by atoms with E-state index in [-0.39, 0.29) is 11.7 Å². The molecule has 0 aromatic heterocycles. The maximum atomic E-state index is 11.0. The first-order valence-electron chi connectivity index (χ1n) is 4.08. The molecule has 0 radical (unpaired) electrons. The van der Waals surface area contributed by atoms with E-state index in [1.165, 1.54) is 0 Å². The lowest BCUT2D eigenvalue weighted by molar-refractivity contribution is -0.121. The highest BCUT2D eigenvalue weighted by atomic mass is 16.3. The van der Waals surface area contributed by atoms with Crippen LogP contribution in [0.15, 0.2) is 24.3 Å². The van der Waals surface area contributed by atoms with Crippen molar-refractivity contribution < 1.29 is 9.90 Å². The summed E-state index contributed by atoms with van der Waals surface area (Å²) in [6.07, 6.45) is 0.596. The van der Waals surface area contributed by atoms with Gasteiger partial charge in [-0.15, -0.1) is 0 Å². The van der Waals surface area contributed by atoms with Gasteiger partial charge in [0.05, 0.1) is 6.10 Å². The SMILES string of the molecule is C=C1CC(C(C)=O)CC(O)C1=C. The molecule has 66 valence electrons. The molecule has 1 aliphatic carbocycles. The molecule has 2 unspecified atom stereocenters. The molecule has 0 saturated heterocycles. The highest BCUT2D eigenvalue weighted by molar-refractivity contribution is 5.79. The molecule has 12 heavy (non-hydrogen) atoms. The van der Waals surface area contributed by atoms with Gasteiger partial charge in [0.15, 0.2) is 0 Å². The molecule has 2 heteroatoms. The molecule has 0 spiro atoms. The Kier molecular flexibility index (Phi) is 2.48. The van der Waals surface area contributed by atoms with Crippen molar-refractivity contribution in [2.45, 2.75) is 25.9 Å². The molecular formula is C10H14O2. The largest absolute Gasteiger partial charge is 0.388 e. The summed E-state index contributed by atoms with van der Waals surface area (Å²) in [5.74, 6) is 0.0701. The second-order valence-electron chi connectivity index (χ2n) is 3.39. The van der Waals surface area contributed by atoms with Crippen LogP contribution in [0, 0.1) is 5.92 Å². The van der Waals surface area contributed by atoms with Gasteiger partial charge < -0.3 is 5.11 Å². The van der Waals surface area contributed by atoms with Gasteiger partial charge in [-0.2, -0.15) is 0 Å². The molecule has 1 saturated carbocycles.